The van der Waals surface area contributed by atoms with Crippen molar-refractivity contribution in [2.45, 2.75) is 34.1 Å². The molecule has 0 aliphatic rings. The molecule has 0 heterocycles. The molecule has 0 unspecified atom stereocenters. The van der Waals surface area contributed by atoms with E-state index in [1.54, 1.807) is 0 Å². The number of rotatable bonds is 2. The fraction of sp³-hybridized carbons (Fsp3) is 1.00. The molecule has 9 heavy (non-hydrogen) atoms. The fourth-order valence-corrected chi connectivity index (χ4v) is 0. The highest BCUT2D eigenvalue weighted by Gasteiger charge is 1.80. The van der Waals surface area contributed by atoms with Crippen molar-refractivity contribution in [1.82, 2.24) is 5.32 Å². The summed E-state index contributed by atoms with van der Waals surface area (Å²) in [6.45, 7) is 9.78. The van der Waals surface area contributed by atoms with E-state index in [4.69, 9.17) is 0 Å². The average molecular weight is 131 g/mol. The van der Waals surface area contributed by atoms with Crippen LogP contribution in [0, 0.1) is 5.92 Å². The molecule has 0 saturated heterocycles. The first-order valence-electron chi connectivity index (χ1n) is 3.83. The summed E-state index contributed by atoms with van der Waals surface area (Å²) >= 11 is 0. The molecular formula is C8H21N. The molecule has 0 aromatic carbocycles. The summed E-state index contributed by atoms with van der Waals surface area (Å²) in [5, 5.41) is 2.93. The first-order chi connectivity index (χ1) is 4.18. The third-order valence-electron chi connectivity index (χ3n) is 1.17. The Bertz CT molecular complexity index is 31.5. The highest BCUT2D eigenvalue weighted by molar-refractivity contribution is 4.32. The van der Waals surface area contributed by atoms with Gasteiger partial charge < -0.3 is 5.32 Å². The highest BCUT2D eigenvalue weighted by Crippen LogP contribution is 1.93. The van der Waals surface area contributed by atoms with E-state index >= 15 is 0 Å². The van der Waals surface area contributed by atoms with Crippen LogP contribution in [0.15, 0.2) is 0 Å². The van der Waals surface area contributed by atoms with E-state index in [-0.39, 0.29) is 0 Å². The quantitative estimate of drug-likeness (QED) is 0.606. The second-order valence-electron chi connectivity index (χ2n) is 2.51. The Morgan fingerprint density at radius 2 is 1.44 bits per heavy atom. The molecule has 0 aromatic rings. The van der Waals surface area contributed by atoms with Crippen molar-refractivity contribution >= 4 is 0 Å². The fourth-order valence-electron chi connectivity index (χ4n) is 0. The second-order valence-corrected chi connectivity index (χ2v) is 2.51. The summed E-state index contributed by atoms with van der Waals surface area (Å²) in [5.41, 5.74) is 0. The molecule has 0 atom stereocenters. The number of hydrogen-bond donors (Lipinski definition) is 1. The molecule has 0 fully saturated rings. The standard InChI is InChI=1S/C5H12.C3H9N/c1-4-5(2)3;1-3-4-2/h5H,4H2,1-3H3;4H,3H2,1-2H3. The van der Waals surface area contributed by atoms with E-state index in [1.165, 1.54) is 6.42 Å². The van der Waals surface area contributed by atoms with Crippen molar-refractivity contribution in [2.75, 3.05) is 13.6 Å². The van der Waals surface area contributed by atoms with Crippen molar-refractivity contribution in [3.05, 3.63) is 0 Å². The van der Waals surface area contributed by atoms with E-state index < -0.39 is 0 Å². The van der Waals surface area contributed by atoms with Crippen LogP contribution in [0.2, 0.25) is 0 Å². The van der Waals surface area contributed by atoms with Crippen LogP contribution < -0.4 is 5.32 Å². The summed E-state index contributed by atoms with van der Waals surface area (Å²) in [4.78, 5) is 0. The van der Waals surface area contributed by atoms with Gasteiger partial charge in [0.2, 0.25) is 0 Å². The SMILES string of the molecule is CCC(C)C.CCNC. The summed E-state index contributed by atoms with van der Waals surface area (Å²) < 4.78 is 0. The Morgan fingerprint density at radius 1 is 1.22 bits per heavy atom. The Hall–Kier alpha value is -0.0400. The van der Waals surface area contributed by atoms with E-state index in [1.807, 2.05) is 7.05 Å². The Balaban J connectivity index is 0. The summed E-state index contributed by atoms with van der Waals surface area (Å²) in [5.74, 6) is 0.884. The van der Waals surface area contributed by atoms with Crippen LogP contribution in [0.4, 0.5) is 0 Å². The van der Waals surface area contributed by atoms with Gasteiger partial charge in [-0.15, -0.1) is 0 Å². The lowest BCUT2D eigenvalue weighted by Gasteiger charge is -1.90. The minimum absolute atomic E-state index is 0.884. The van der Waals surface area contributed by atoms with Gasteiger partial charge in [0.25, 0.3) is 0 Å². The Kier molecular flexibility index (Phi) is 14.1. The van der Waals surface area contributed by atoms with Crippen LogP contribution >= 0.6 is 0 Å². The molecule has 1 nitrogen and oxygen atoms in total. The minimum atomic E-state index is 0.884. The predicted molar refractivity (Wildman–Crippen MR) is 44.7 cm³/mol. The van der Waals surface area contributed by atoms with Crippen LogP contribution in [-0.4, -0.2) is 13.6 Å². The molecule has 1 heteroatoms. The Labute approximate surface area is 59.8 Å². The van der Waals surface area contributed by atoms with Gasteiger partial charge in [0.1, 0.15) is 0 Å². The second kappa shape index (κ2) is 10.9. The lowest BCUT2D eigenvalue weighted by Crippen LogP contribution is -2.01. The maximum Gasteiger partial charge on any atom is -0.00804 e. The molecule has 0 spiro atoms. The molecule has 0 aliphatic heterocycles. The maximum atomic E-state index is 2.93. The highest BCUT2D eigenvalue weighted by atomic mass is 14.8. The zero-order valence-electron chi connectivity index (χ0n) is 7.49. The molecule has 0 amide bonds. The van der Waals surface area contributed by atoms with Crippen LogP contribution in [0.25, 0.3) is 0 Å². The van der Waals surface area contributed by atoms with Gasteiger partial charge in [0.05, 0.1) is 0 Å². The van der Waals surface area contributed by atoms with E-state index in [0.717, 1.165) is 12.5 Å². The number of nitrogens with one attached hydrogen (secondary N) is 1. The molecule has 0 aliphatic carbocycles. The lowest BCUT2D eigenvalue weighted by molar-refractivity contribution is 0.626. The number of hydrogen-bond acceptors (Lipinski definition) is 1. The smallest absolute Gasteiger partial charge is 0.00804 e. The lowest BCUT2D eigenvalue weighted by atomic mass is 10.2. The summed E-state index contributed by atoms with van der Waals surface area (Å²) in [6.07, 6.45) is 1.31. The van der Waals surface area contributed by atoms with Gasteiger partial charge >= 0.3 is 0 Å². The van der Waals surface area contributed by atoms with E-state index in [0.29, 0.717) is 0 Å². The van der Waals surface area contributed by atoms with Gasteiger partial charge in [-0.1, -0.05) is 34.1 Å². The normalized spacial score (nSPS) is 8.67. The van der Waals surface area contributed by atoms with Gasteiger partial charge in [-0.25, -0.2) is 0 Å². The van der Waals surface area contributed by atoms with E-state index in [9.17, 15) is 0 Å². The molecule has 0 bridgehead atoms. The molecular weight excluding hydrogens is 110 g/mol. The van der Waals surface area contributed by atoms with Gasteiger partial charge in [-0.3, -0.25) is 0 Å². The molecule has 0 aromatic heterocycles. The van der Waals surface area contributed by atoms with Crippen molar-refractivity contribution in [3.8, 4) is 0 Å². The van der Waals surface area contributed by atoms with Gasteiger partial charge in [-0.05, 0) is 19.5 Å². The minimum Gasteiger partial charge on any atom is -0.320 e. The molecule has 0 rings (SSSR count). The third-order valence-corrected chi connectivity index (χ3v) is 1.17. The molecule has 58 valence electrons. The average Bonchev–Trinajstić information content (AvgIpc) is 1.89. The van der Waals surface area contributed by atoms with Gasteiger partial charge in [0, 0.05) is 0 Å². The molecule has 0 saturated carbocycles. The van der Waals surface area contributed by atoms with Crippen LogP contribution in [-0.2, 0) is 0 Å². The van der Waals surface area contributed by atoms with Crippen molar-refractivity contribution in [1.29, 1.82) is 0 Å². The predicted octanol–water partition coefficient (Wildman–Crippen LogP) is 2.28. The molecule has 1 N–H and O–H groups in total. The zero-order valence-corrected chi connectivity index (χ0v) is 7.49. The first-order valence-corrected chi connectivity index (χ1v) is 3.83. The van der Waals surface area contributed by atoms with Crippen LogP contribution in [0.1, 0.15) is 34.1 Å². The molecule has 0 radical (unpaired) electrons. The Morgan fingerprint density at radius 3 is 1.44 bits per heavy atom. The third kappa shape index (κ3) is 32.3. The van der Waals surface area contributed by atoms with Crippen molar-refractivity contribution < 1.29 is 0 Å². The summed E-state index contributed by atoms with van der Waals surface area (Å²) in [6, 6.07) is 0. The van der Waals surface area contributed by atoms with Gasteiger partial charge in [-0.2, -0.15) is 0 Å². The van der Waals surface area contributed by atoms with E-state index in [2.05, 4.69) is 33.0 Å². The van der Waals surface area contributed by atoms with Crippen LogP contribution in [0.3, 0.4) is 0 Å². The largest absolute Gasteiger partial charge is 0.320 e. The zero-order chi connectivity index (χ0) is 7.70. The van der Waals surface area contributed by atoms with Gasteiger partial charge in [0.15, 0.2) is 0 Å². The summed E-state index contributed by atoms with van der Waals surface area (Å²) in [7, 11) is 1.93. The topological polar surface area (TPSA) is 12.0 Å². The van der Waals surface area contributed by atoms with Crippen molar-refractivity contribution in [2.24, 2.45) is 5.92 Å². The maximum absolute atomic E-state index is 2.93. The monoisotopic (exact) mass is 131 g/mol. The first kappa shape index (κ1) is 11.7. The van der Waals surface area contributed by atoms with Crippen LogP contribution in [0.5, 0.6) is 0 Å². The van der Waals surface area contributed by atoms with Crippen molar-refractivity contribution in [3.63, 3.8) is 0 Å².